The number of hydrogen-bond donors (Lipinski definition) is 0. The molecule has 58 valence electrons. The summed E-state index contributed by atoms with van der Waals surface area (Å²) in [4.78, 5) is 8.20. The molecule has 0 atom stereocenters. The molecule has 0 radical (unpaired) electrons. The average Bonchev–Trinajstić information content (AvgIpc) is 2.06. The van der Waals surface area contributed by atoms with Gasteiger partial charge < -0.3 is 0 Å². The number of aliphatic imine (C=N–C) groups is 2. The highest BCUT2D eigenvalue weighted by atomic mass is 14.8. The highest BCUT2D eigenvalue weighted by Crippen LogP contribution is 2.19. The molecule has 2 heteroatoms. The van der Waals surface area contributed by atoms with E-state index in [1.807, 2.05) is 30.3 Å². The van der Waals surface area contributed by atoms with Crippen molar-refractivity contribution in [3.8, 4) is 0 Å². The van der Waals surface area contributed by atoms with Gasteiger partial charge in [0.2, 0.25) is 0 Å². The number of para-hydroxylation sites is 1. The van der Waals surface area contributed by atoms with E-state index in [4.69, 9.17) is 0 Å². The van der Waals surface area contributed by atoms with Gasteiger partial charge in [-0.1, -0.05) is 18.2 Å². The molecule has 1 aromatic carbocycles. The summed E-state index contributed by atoms with van der Waals surface area (Å²) in [5, 5.41) is 0. The molecule has 0 saturated heterocycles. The molecule has 0 bridgehead atoms. The Morgan fingerprint density at radius 1 is 1.00 bits per heavy atom. The fourth-order valence-electron chi connectivity index (χ4n) is 1.07. The molecule has 0 N–H and O–H groups in total. The van der Waals surface area contributed by atoms with E-state index in [9.17, 15) is 0 Å². The molecule has 0 unspecified atom stereocenters. The molecule has 0 saturated carbocycles. The maximum absolute atomic E-state index is 4.22. The first-order valence-electron chi connectivity index (χ1n) is 3.78. The first-order chi connectivity index (χ1) is 5.97. The Labute approximate surface area is 71.0 Å². The molecule has 0 spiro atoms. The number of rotatable bonds is 0. The van der Waals surface area contributed by atoms with Crippen LogP contribution < -0.4 is 0 Å². The van der Waals surface area contributed by atoms with Crippen molar-refractivity contribution in [3.05, 3.63) is 36.0 Å². The molecular formula is C10H8N2. The van der Waals surface area contributed by atoms with Crippen molar-refractivity contribution >= 4 is 24.2 Å². The third-order valence-electron chi connectivity index (χ3n) is 1.64. The van der Waals surface area contributed by atoms with Crippen LogP contribution in [0.25, 0.3) is 6.08 Å². The molecule has 12 heavy (non-hydrogen) atoms. The fourth-order valence-corrected chi connectivity index (χ4v) is 1.07. The fraction of sp³-hybridized carbons (Fsp3) is 0. The Hall–Kier alpha value is -1.70. The van der Waals surface area contributed by atoms with Crippen LogP contribution >= 0.6 is 0 Å². The van der Waals surface area contributed by atoms with Crippen LogP contribution in [0.4, 0.5) is 5.69 Å². The quantitative estimate of drug-likeness (QED) is 0.551. The lowest BCUT2D eigenvalue weighted by molar-refractivity contribution is 1.50. The van der Waals surface area contributed by atoms with Gasteiger partial charge in [-0.05, 0) is 12.1 Å². The van der Waals surface area contributed by atoms with E-state index in [0.717, 1.165) is 11.3 Å². The van der Waals surface area contributed by atoms with Crippen LogP contribution in [0.15, 0.2) is 40.5 Å². The molecule has 0 fully saturated rings. The summed E-state index contributed by atoms with van der Waals surface area (Å²) in [5.74, 6) is 0. The lowest BCUT2D eigenvalue weighted by Crippen LogP contribution is -1.80. The van der Waals surface area contributed by atoms with Gasteiger partial charge in [-0.2, -0.15) is 0 Å². The molecule has 1 aliphatic heterocycles. The van der Waals surface area contributed by atoms with Gasteiger partial charge in [-0.15, -0.1) is 0 Å². The molecular weight excluding hydrogens is 148 g/mol. The third kappa shape index (κ3) is 1.32. The maximum atomic E-state index is 4.22. The Morgan fingerprint density at radius 2 is 1.92 bits per heavy atom. The topological polar surface area (TPSA) is 24.7 Å². The largest absolute Gasteiger partial charge is 0.263 e. The Balaban J connectivity index is 2.54. The average molecular weight is 156 g/mol. The van der Waals surface area contributed by atoms with Crippen molar-refractivity contribution in [2.75, 3.05) is 0 Å². The van der Waals surface area contributed by atoms with Crippen molar-refractivity contribution in [1.29, 1.82) is 0 Å². The van der Waals surface area contributed by atoms with Gasteiger partial charge in [0.25, 0.3) is 0 Å². The van der Waals surface area contributed by atoms with Gasteiger partial charge in [-0.25, -0.2) is 0 Å². The van der Waals surface area contributed by atoms with E-state index in [2.05, 4.69) is 9.98 Å². The van der Waals surface area contributed by atoms with Crippen molar-refractivity contribution in [2.45, 2.75) is 0 Å². The van der Waals surface area contributed by atoms with Gasteiger partial charge in [0.15, 0.2) is 0 Å². The van der Waals surface area contributed by atoms with Crippen molar-refractivity contribution in [3.63, 3.8) is 0 Å². The van der Waals surface area contributed by atoms with E-state index in [0.29, 0.717) is 0 Å². The lowest BCUT2D eigenvalue weighted by atomic mass is 10.2. The van der Waals surface area contributed by atoms with Crippen LogP contribution in [0.3, 0.4) is 0 Å². The minimum atomic E-state index is 0.986. The van der Waals surface area contributed by atoms with Crippen LogP contribution in [0.1, 0.15) is 5.56 Å². The number of fused-ring (bicyclic) bond motifs is 1. The summed E-state index contributed by atoms with van der Waals surface area (Å²) in [5.41, 5.74) is 2.09. The number of benzene rings is 1. The molecule has 1 aliphatic rings. The van der Waals surface area contributed by atoms with Crippen LogP contribution in [0, 0.1) is 0 Å². The normalized spacial score (nSPS) is 13.7. The molecule has 2 nitrogen and oxygen atoms in total. The van der Waals surface area contributed by atoms with Crippen molar-refractivity contribution in [2.24, 2.45) is 9.98 Å². The van der Waals surface area contributed by atoms with E-state index in [1.165, 1.54) is 0 Å². The highest BCUT2D eigenvalue weighted by Gasteiger charge is 1.94. The number of nitrogens with zero attached hydrogens (tertiary/aromatic N) is 2. The van der Waals surface area contributed by atoms with Crippen LogP contribution in [0.2, 0.25) is 0 Å². The first-order valence-corrected chi connectivity index (χ1v) is 3.78. The minimum absolute atomic E-state index is 0.986. The van der Waals surface area contributed by atoms with E-state index >= 15 is 0 Å². The predicted octanol–water partition coefficient (Wildman–Crippen LogP) is 2.44. The summed E-state index contributed by atoms with van der Waals surface area (Å²) in [6.07, 6.45) is 7.08. The smallest absolute Gasteiger partial charge is 0.0703 e. The monoisotopic (exact) mass is 156 g/mol. The molecule has 0 aliphatic carbocycles. The zero-order valence-corrected chi connectivity index (χ0v) is 6.51. The van der Waals surface area contributed by atoms with Gasteiger partial charge >= 0.3 is 0 Å². The van der Waals surface area contributed by atoms with E-state index in [-0.39, 0.29) is 0 Å². The minimum Gasteiger partial charge on any atom is -0.263 e. The predicted molar refractivity (Wildman–Crippen MR) is 52.1 cm³/mol. The Morgan fingerprint density at radius 3 is 2.92 bits per heavy atom. The zero-order valence-electron chi connectivity index (χ0n) is 6.51. The van der Waals surface area contributed by atoms with Gasteiger partial charge in [0, 0.05) is 24.2 Å². The molecule has 0 amide bonds. The van der Waals surface area contributed by atoms with E-state index < -0.39 is 0 Å². The van der Waals surface area contributed by atoms with Gasteiger partial charge in [-0.3, -0.25) is 9.98 Å². The van der Waals surface area contributed by atoms with E-state index in [1.54, 1.807) is 18.6 Å². The molecule has 1 heterocycles. The molecule has 0 aromatic heterocycles. The number of hydrogen-bond acceptors (Lipinski definition) is 2. The summed E-state index contributed by atoms with van der Waals surface area (Å²) >= 11 is 0. The second-order valence-corrected chi connectivity index (χ2v) is 2.45. The van der Waals surface area contributed by atoms with Crippen LogP contribution in [-0.4, -0.2) is 12.4 Å². The Bertz CT molecular complexity index is 327. The summed E-state index contributed by atoms with van der Waals surface area (Å²) < 4.78 is 0. The molecule has 2 rings (SSSR count). The summed E-state index contributed by atoms with van der Waals surface area (Å²) in [6, 6.07) is 7.96. The molecule has 1 aromatic rings. The van der Waals surface area contributed by atoms with Crippen molar-refractivity contribution < 1.29 is 0 Å². The zero-order chi connectivity index (χ0) is 8.23. The van der Waals surface area contributed by atoms with Crippen LogP contribution in [0.5, 0.6) is 0 Å². The van der Waals surface area contributed by atoms with Gasteiger partial charge in [0.05, 0.1) is 5.69 Å². The van der Waals surface area contributed by atoms with Crippen molar-refractivity contribution in [1.82, 2.24) is 0 Å². The lowest BCUT2D eigenvalue weighted by Gasteiger charge is -1.99. The second-order valence-electron chi connectivity index (χ2n) is 2.45. The summed E-state index contributed by atoms with van der Waals surface area (Å²) in [7, 11) is 0. The second kappa shape index (κ2) is 3.13. The highest BCUT2D eigenvalue weighted by molar-refractivity contribution is 6.17. The summed E-state index contributed by atoms with van der Waals surface area (Å²) in [6.45, 7) is 0. The SMILES string of the molecule is C1=Cc2ccccc2N=CC=N1. The van der Waals surface area contributed by atoms with Crippen LogP contribution in [-0.2, 0) is 0 Å². The maximum Gasteiger partial charge on any atom is 0.0703 e. The standard InChI is InChI=1S/C10H8N2/c1-2-4-10-9(3-1)5-6-11-7-8-12-10/h1-8H. The Kier molecular flexibility index (Phi) is 1.82. The van der Waals surface area contributed by atoms with Gasteiger partial charge in [0.1, 0.15) is 0 Å². The third-order valence-corrected chi connectivity index (χ3v) is 1.64. The first kappa shape index (κ1) is 6.98.